The van der Waals surface area contributed by atoms with E-state index in [-0.39, 0.29) is 11.7 Å². The highest BCUT2D eigenvalue weighted by molar-refractivity contribution is 5.98. The zero-order valence-corrected chi connectivity index (χ0v) is 17.7. The molecule has 4 nitrogen and oxygen atoms in total. The van der Waals surface area contributed by atoms with Crippen LogP contribution in [0.3, 0.4) is 0 Å². The van der Waals surface area contributed by atoms with E-state index in [0.717, 1.165) is 28.1 Å². The van der Waals surface area contributed by atoms with E-state index in [9.17, 15) is 9.18 Å². The van der Waals surface area contributed by atoms with Crippen LogP contribution in [0.5, 0.6) is 0 Å². The third-order valence-corrected chi connectivity index (χ3v) is 5.39. The number of fused-ring (bicyclic) bond motifs is 1. The van der Waals surface area contributed by atoms with Crippen LogP contribution in [0, 0.1) is 5.82 Å². The second-order valence-corrected chi connectivity index (χ2v) is 7.67. The van der Waals surface area contributed by atoms with Gasteiger partial charge < -0.3 is 5.32 Å². The molecule has 33 heavy (non-hydrogen) atoms. The average Bonchev–Trinajstić information content (AvgIpc) is 2.88. The van der Waals surface area contributed by atoms with E-state index in [0.29, 0.717) is 23.1 Å². The van der Waals surface area contributed by atoms with Crippen LogP contribution in [0.1, 0.15) is 15.9 Å². The molecule has 1 heterocycles. The molecule has 5 rings (SSSR count). The van der Waals surface area contributed by atoms with Crippen LogP contribution in [-0.2, 0) is 6.54 Å². The summed E-state index contributed by atoms with van der Waals surface area (Å²) >= 11 is 0. The molecule has 5 heteroatoms. The summed E-state index contributed by atoms with van der Waals surface area (Å²) in [5.74, 6) is -0.529. The number of benzene rings is 4. The highest BCUT2D eigenvalue weighted by atomic mass is 19.1. The van der Waals surface area contributed by atoms with Crippen molar-refractivity contribution in [3.63, 3.8) is 0 Å². The monoisotopic (exact) mass is 433 g/mol. The smallest absolute Gasteiger partial charge is 0.251 e. The maximum absolute atomic E-state index is 13.1. The minimum atomic E-state index is -0.303. The lowest BCUT2D eigenvalue weighted by Crippen LogP contribution is -2.22. The topological polar surface area (TPSA) is 54.9 Å². The van der Waals surface area contributed by atoms with Crippen LogP contribution in [-0.4, -0.2) is 15.9 Å². The third-order valence-electron chi connectivity index (χ3n) is 5.39. The quantitative estimate of drug-likeness (QED) is 0.368. The molecule has 1 amide bonds. The van der Waals surface area contributed by atoms with Crippen LogP contribution in [0.2, 0.25) is 0 Å². The summed E-state index contributed by atoms with van der Waals surface area (Å²) in [6.45, 7) is 0.311. The maximum atomic E-state index is 13.1. The fourth-order valence-electron chi connectivity index (χ4n) is 3.68. The number of hydrogen-bond acceptors (Lipinski definition) is 3. The Bertz CT molecular complexity index is 1420. The molecule has 0 aliphatic carbocycles. The van der Waals surface area contributed by atoms with Crippen molar-refractivity contribution in [2.24, 2.45) is 0 Å². The van der Waals surface area contributed by atoms with Crippen molar-refractivity contribution in [3.05, 3.63) is 120 Å². The normalized spacial score (nSPS) is 10.8. The molecule has 0 saturated heterocycles. The Morgan fingerprint density at radius 3 is 1.88 bits per heavy atom. The predicted octanol–water partition coefficient (Wildman–Crippen LogP) is 6.03. The Kier molecular flexibility index (Phi) is 5.60. The second kappa shape index (κ2) is 9.01. The summed E-state index contributed by atoms with van der Waals surface area (Å²) in [6.07, 6.45) is 0. The molecule has 0 fully saturated rings. The van der Waals surface area contributed by atoms with Gasteiger partial charge in [-0.05, 0) is 35.9 Å². The van der Waals surface area contributed by atoms with Crippen molar-refractivity contribution in [1.82, 2.24) is 15.3 Å². The fourth-order valence-corrected chi connectivity index (χ4v) is 3.68. The van der Waals surface area contributed by atoms with Crippen LogP contribution in [0.15, 0.2) is 103 Å². The van der Waals surface area contributed by atoms with Gasteiger partial charge in [-0.3, -0.25) is 4.79 Å². The Labute approximate surface area is 190 Å². The molecule has 1 aromatic heterocycles. The van der Waals surface area contributed by atoms with E-state index in [4.69, 9.17) is 9.97 Å². The molecule has 0 spiro atoms. The number of amides is 1. The van der Waals surface area contributed by atoms with Crippen LogP contribution < -0.4 is 5.32 Å². The number of rotatable bonds is 5. The van der Waals surface area contributed by atoms with Gasteiger partial charge in [-0.1, -0.05) is 72.8 Å². The van der Waals surface area contributed by atoms with E-state index in [2.05, 4.69) is 5.32 Å². The van der Waals surface area contributed by atoms with Crippen molar-refractivity contribution < 1.29 is 9.18 Å². The zero-order chi connectivity index (χ0) is 22.6. The average molecular weight is 433 g/mol. The third kappa shape index (κ3) is 4.48. The second-order valence-electron chi connectivity index (χ2n) is 7.67. The zero-order valence-electron chi connectivity index (χ0n) is 17.7. The highest BCUT2D eigenvalue weighted by Crippen LogP contribution is 2.31. The van der Waals surface area contributed by atoms with Gasteiger partial charge in [-0.25, -0.2) is 14.4 Å². The van der Waals surface area contributed by atoms with Gasteiger partial charge in [0.1, 0.15) is 5.82 Å². The van der Waals surface area contributed by atoms with Gasteiger partial charge in [0.25, 0.3) is 5.91 Å². The van der Waals surface area contributed by atoms with E-state index >= 15 is 0 Å². The standard InChI is InChI=1S/C28H20FN3O/c29-23-14-11-19(12-15-23)18-30-28(33)22-13-16-24-25(17-22)32-27(21-9-5-2-6-10-21)26(31-24)20-7-3-1-4-8-20/h1-17H,18H2,(H,30,33). The van der Waals surface area contributed by atoms with E-state index in [1.54, 1.807) is 24.3 Å². The lowest BCUT2D eigenvalue weighted by Gasteiger charge is -2.11. The number of nitrogens with one attached hydrogen (secondary N) is 1. The summed E-state index contributed by atoms with van der Waals surface area (Å²) in [4.78, 5) is 22.5. The number of halogens is 1. The van der Waals surface area contributed by atoms with Gasteiger partial charge in [0, 0.05) is 23.2 Å². The lowest BCUT2D eigenvalue weighted by molar-refractivity contribution is 0.0951. The van der Waals surface area contributed by atoms with Crippen molar-refractivity contribution in [3.8, 4) is 22.5 Å². The Balaban J connectivity index is 1.51. The molecule has 0 atom stereocenters. The SMILES string of the molecule is O=C(NCc1ccc(F)cc1)c1ccc2nc(-c3ccccc3)c(-c3ccccc3)nc2c1. The Hall–Kier alpha value is -4.38. The molecule has 5 aromatic rings. The Morgan fingerprint density at radius 2 is 1.27 bits per heavy atom. The molecule has 0 saturated carbocycles. The number of aromatic nitrogens is 2. The highest BCUT2D eigenvalue weighted by Gasteiger charge is 2.14. The van der Waals surface area contributed by atoms with Gasteiger partial charge in [-0.2, -0.15) is 0 Å². The first-order valence-electron chi connectivity index (χ1n) is 10.6. The minimum absolute atomic E-state index is 0.226. The van der Waals surface area contributed by atoms with Gasteiger partial charge in [-0.15, -0.1) is 0 Å². The molecule has 0 aliphatic rings. The number of hydrogen-bond donors (Lipinski definition) is 1. The van der Waals surface area contributed by atoms with Crippen molar-refractivity contribution in [2.75, 3.05) is 0 Å². The van der Waals surface area contributed by atoms with Gasteiger partial charge in [0.2, 0.25) is 0 Å². The number of nitrogens with zero attached hydrogens (tertiary/aromatic N) is 2. The molecule has 0 radical (unpaired) electrons. The lowest BCUT2D eigenvalue weighted by atomic mass is 10.0. The van der Waals surface area contributed by atoms with Gasteiger partial charge >= 0.3 is 0 Å². The molecule has 4 aromatic carbocycles. The van der Waals surface area contributed by atoms with Crippen molar-refractivity contribution in [1.29, 1.82) is 0 Å². The van der Waals surface area contributed by atoms with E-state index in [1.807, 2.05) is 66.7 Å². The summed E-state index contributed by atoms with van der Waals surface area (Å²) in [7, 11) is 0. The molecular formula is C28H20FN3O. The van der Waals surface area contributed by atoms with Crippen molar-refractivity contribution >= 4 is 16.9 Å². The number of carbonyl (C=O) groups is 1. The van der Waals surface area contributed by atoms with Crippen LogP contribution in [0.25, 0.3) is 33.5 Å². The first-order valence-corrected chi connectivity index (χ1v) is 10.6. The molecule has 0 aliphatic heterocycles. The van der Waals surface area contributed by atoms with E-state index in [1.165, 1.54) is 12.1 Å². The molecule has 160 valence electrons. The maximum Gasteiger partial charge on any atom is 0.251 e. The first-order chi connectivity index (χ1) is 16.2. The molecule has 0 bridgehead atoms. The fraction of sp³-hybridized carbons (Fsp3) is 0.0357. The van der Waals surface area contributed by atoms with Crippen LogP contribution in [0.4, 0.5) is 4.39 Å². The summed E-state index contributed by atoms with van der Waals surface area (Å²) in [6, 6.07) is 31.2. The molecule has 0 unspecified atom stereocenters. The van der Waals surface area contributed by atoms with Gasteiger partial charge in [0.05, 0.1) is 22.4 Å². The summed E-state index contributed by atoms with van der Waals surface area (Å²) in [5, 5.41) is 2.87. The minimum Gasteiger partial charge on any atom is -0.348 e. The first kappa shape index (κ1) is 20.5. The molecule has 1 N–H and O–H groups in total. The molecular weight excluding hydrogens is 413 g/mol. The summed E-state index contributed by atoms with van der Waals surface area (Å²) in [5.41, 5.74) is 6.16. The summed E-state index contributed by atoms with van der Waals surface area (Å²) < 4.78 is 13.1. The predicted molar refractivity (Wildman–Crippen MR) is 128 cm³/mol. The largest absolute Gasteiger partial charge is 0.348 e. The van der Waals surface area contributed by atoms with Crippen LogP contribution >= 0.6 is 0 Å². The van der Waals surface area contributed by atoms with E-state index < -0.39 is 0 Å². The Morgan fingerprint density at radius 1 is 0.697 bits per heavy atom. The number of carbonyl (C=O) groups excluding carboxylic acids is 1. The van der Waals surface area contributed by atoms with Gasteiger partial charge in [0.15, 0.2) is 0 Å². The van der Waals surface area contributed by atoms with Crippen molar-refractivity contribution in [2.45, 2.75) is 6.54 Å².